The molecule has 116 valence electrons. The minimum absolute atomic E-state index is 0.236. The Labute approximate surface area is 138 Å². The van der Waals surface area contributed by atoms with Crippen LogP contribution in [0.4, 0.5) is 0 Å². The Bertz CT molecular complexity index is 654. The third-order valence-corrected chi connectivity index (χ3v) is 8.96. The molecule has 4 nitrogen and oxygen atoms in total. The molecule has 3 fully saturated rings. The molecular formula is C14H19BrN2O2S2. The van der Waals surface area contributed by atoms with Gasteiger partial charge in [0, 0.05) is 30.1 Å². The predicted molar refractivity (Wildman–Crippen MR) is 86.9 cm³/mol. The number of sulfonamides is 1. The van der Waals surface area contributed by atoms with Crippen molar-refractivity contribution < 1.29 is 8.42 Å². The van der Waals surface area contributed by atoms with E-state index in [1.807, 2.05) is 6.07 Å². The minimum atomic E-state index is -3.33. The summed E-state index contributed by atoms with van der Waals surface area (Å²) >= 11 is 5.00. The lowest BCUT2D eigenvalue weighted by Gasteiger charge is -2.25. The second-order valence-electron chi connectivity index (χ2n) is 6.41. The van der Waals surface area contributed by atoms with Crippen LogP contribution in [-0.4, -0.2) is 31.4 Å². The normalized spacial score (nSPS) is 29.4. The van der Waals surface area contributed by atoms with Crippen molar-refractivity contribution in [2.75, 3.05) is 6.54 Å². The number of hydrogen-bond donors (Lipinski definition) is 1. The van der Waals surface area contributed by atoms with Crippen LogP contribution in [0.2, 0.25) is 0 Å². The van der Waals surface area contributed by atoms with E-state index in [2.05, 4.69) is 21.2 Å². The number of nitrogens with zero attached hydrogens (tertiary/aromatic N) is 1. The molecule has 2 aliphatic carbocycles. The van der Waals surface area contributed by atoms with Gasteiger partial charge in [-0.05, 0) is 60.0 Å². The molecule has 1 N–H and O–H groups in total. The Kier molecular flexibility index (Phi) is 3.69. The van der Waals surface area contributed by atoms with Gasteiger partial charge in [0.05, 0.1) is 3.79 Å². The second kappa shape index (κ2) is 5.30. The number of piperidine rings is 1. The fourth-order valence-corrected chi connectivity index (χ4v) is 7.82. The third-order valence-electron chi connectivity index (χ3n) is 4.79. The van der Waals surface area contributed by atoms with Crippen molar-refractivity contribution >= 4 is 37.3 Å². The molecule has 0 spiro atoms. The van der Waals surface area contributed by atoms with Crippen molar-refractivity contribution in [3.63, 3.8) is 0 Å². The van der Waals surface area contributed by atoms with E-state index in [1.54, 1.807) is 4.31 Å². The molecule has 7 heteroatoms. The summed E-state index contributed by atoms with van der Waals surface area (Å²) in [6.45, 7) is 1.49. The van der Waals surface area contributed by atoms with Crippen LogP contribution >= 0.6 is 27.3 Å². The van der Waals surface area contributed by atoms with E-state index in [4.69, 9.17) is 0 Å². The predicted octanol–water partition coefficient (Wildman–Crippen LogP) is 2.94. The van der Waals surface area contributed by atoms with E-state index in [-0.39, 0.29) is 6.04 Å². The van der Waals surface area contributed by atoms with Crippen LogP contribution < -0.4 is 5.32 Å². The zero-order valence-corrected chi connectivity index (χ0v) is 14.9. The van der Waals surface area contributed by atoms with Crippen LogP contribution in [0.15, 0.2) is 14.7 Å². The molecular weight excluding hydrogens is 372 g/mol. The highest BCUT2D eigenvalue weighted by molar-refractivity contribution is 9.11. The monoisotopic (exact) mass is 390 g/mol. The lowest BCUT2D eigenvalue weighted by Crippen LogP contribution is -2.37. The van der Waals surface area contributed by atoms with E-state index in [1.165, 1.54) is 30.6 Å². The quantitative estimate of drug-likeness (QED) is 0.840. The van der Waals surface area contributed by atoms with E-state index in [0.29, 0.717) is 23.4 Å². The highest BCUT2D eigenvalue weighted by Crippen LogP contribution is 2.43. The first kappa shape index (κ1) is 14.6. The number of halogens is 1. The van der Waals surface area contributed by atoms with Gasteiger partial charge in [0.15, 0.2) is 0 Å². The topological polar surface area (TPSA) is 49.4 Å². The fraction of sp³-hybridized carbons (Fsp3) is 0.714. The molecule has 2 unspecified atom stereocenters. The first-order valence-corrected chi connectivity index (χ1v) is 10.6. The van der Waals surface area contributed by atoms with Gasteiger partial charge in [-0.3, -0.25) is 0 Å². The highest BCUT2D eigenvalue weighted by Gasteiger charge is 2.45. The average molecular weight is 391 g/mol. The maximum Gasteiger partial charge on any atom is 0.245 e. The van der Waals surface area contributed by atoms with Crippen molar-refractivity contribution in [3.8, 4) is 0 Å². The summed E-state index contributed by atoms with van der Waals surface area (Å²) in [5.74, 6) is 0.582. The average Bonchev–Trinajstić information content (AvgIpc) is 2.86. The van der Waals surface area contributed by atoms with Crippen molar-refractivity contribution in [2.45, 2.75) is 55.6 Å². The largest absolute Gasteiger partial charge is 0.309 e. The summed E-state index contributed by atoms with van der Waals surface area (Å²) in [5.41, 5.74) is 0. The molecule has 1 aromatic heterocycles. The van der Waals surface area contributed by atoms with Gasteiger partial charge in [0.1, 0.15) is 4.90 Å². The summed E-state index contributed by atoms with van der Waals surface area (Å²) in [6.07, 6.45) is 5.76. The lowest BCUT2D eigenvalue weighted by molar-refractivity contribution is 0.333. The zero-order valence-electron chi connectivity index (χ0n) is 11.7. The fourth-order valence-electron chi connectivity index (χ4n) is 3.49. The van der Waals surface area contributed by atoms with Crippen molar-refractivity contribution in [1.82, 2.24) is 9.62 Å². The Morgan fingerprint density at radius 2 is 2.14 bits per heavy atom. The molecule has 1 saturated heterocycles. The van der Waals surface area contributed by atoms with Crippen LogP contribution in [0.25, 0.3) is 0 Å². The third kappa shape index (κ3) is 2.72. The van der Waals surface area contributed by atoms with Gasteiger partial charge < -0.3 is 5.32 Å². The van der Waals surface area contributed by atoms with E-state index in [9.17, 15) is 8.42 Å². The van der Waals surface area contributed by atoms with Gasteiger partial charge in [0.25, 0.3) is 0 Å². The molecule has 21 heavy (non-hydrogen) atoms. The number of fused-ring (bicyclic) bond motifs is 2. The van der Waals surface area contributed by atoms with E-state index >= 15 is 0 Å². The Morgan fingerprint density at radius 1 is 1.33 bits per heavy atom. The number of hydrogen-bond acceptors (Lipinski definition) is 4. The van der Waals surface area contributed by atoms with Crippen molar-refractivity contribution in [1.29, 1.82) is 0 Å². The van der Waals surface area contributed by atoms with Crippen LogP contribution in [0.5, 0.6) is 0 Å². The molecule has 2 heterocycles. The molecule has 0 radical (unpaired) electrons. The minimum Gasteiger partial charge on any atom is -0.309 e. The van der Waals surface area contributed by atoms with Crippen LogP contribution in [0.1, 0.15) is 37.0 Å². The van der Waals surface area contributed by atoms with E-state index in [0.717, 1.165) is 28.0 Å². The summed E-state index contributed by atoms with van der Waals surface area (Å²) in [7, 11) is -3.33. The number of rotatable bonds is 5. The van der Waals surface area contributed by atoms with Crippen LogP contribution in [-0.2, 0) is 16.6 Å². The maximum atomic E-state index is 12.9. The molecule has 1 aliphatic heterocycles. The van der Waals surface area contributed by atoms with Gasteiger partial charge >= 0.3 is 0 Å². The number of nitrogens with one attached hydrogen (secondary N) is 1. The first-order chi connectivity index (χ1) is 10.0. The summed E-state index contributed by atoms with van der Waals surface area (Å²) in [4.78, 5) is 1.56. The maximum absolute atomic E-state index is 12.9. The molecule has 4 rings (SSSR count). The van der Waals surface area contributed by atoms with Gasteiger partial charge in [-0.15, -0.1) is 11.3 Å². The standard InChI is InChI=1S/C14H19BrN2O2S2/c15-14-13(6-12(20-14)7-16-10-2-3-10)21(18,19)17-8-9-1-4-11(17)5-9/h6,9-11,16H,1-5,7-8H2. The van der Waals surface area contributed by atoms with Gasteiger partial charge in [0.2, 0.25) is 10.0 Å². The van der Waals surface area contributed by atoms with E-state index < -0.39 is 10.0 Å². The molecule has 1 aromatic rings. The number of thiophene rings is 1. The van der Waals surface area contributed by atoms with Gasteiger partial charge in [-0.2, -0.15) is 4.31 Å². The molecule has 3 aliphatic rings. The Morgan fingerprint density at radius 3 is 2.76 bits per heavy atom. The van der Waals surface area contributed by atoms with Crippen molar-refractivity contribution in [3.05, 3.63) is 14.7 Å². The molecule has 0 amide bonds. The SMILES string of the molecule is O=S(=O)(c1cc(CNC2CC2)sc1Br)N1CC2CCC1C2. The summed E-state index contributed by atoms with van der Waals surface area (Å²) in [5, 5.41) is 3.44. The zero-order chi connectivity index (χ0) is 14.6. The van der Waals surface area contributed by atoms with Crippen LogP contribution in [0.3, 0.4) is 0 Å². The molecule has 2 atom stereocenters. The summed E-state index contributed by atoms with van der Waals surface area (Å²) < 4.78 is 28.3. The van der Waals surface area contributed by atoms with Crippen LogP contribution in [0, 0.1) is 5.92 Å². The molecule has 0 aromatic carbocycles. The van der Waals surface area contributed by atoms with Gasteiger partial charge in [-0.25, -0.2) is 8.42 Å². The molecule has 2 saturated carbocycles. The Balaban J connectivity index is 1.56. The lowest BCUT2D eigenvalue weighted by atomic mass is 10.1. The van der Waals surface area contributed by atoms with Crippen molar-refractivity contribution in [2.24, 2.45) is 5.92 Å². The summed E-state index contributed by atoms with van der Waals surface area (Å²) in [6, 6.07) is 2.73. The Hall–Kier alpha value is 0.0500. The van der Waals surface area contributed by atoms with Gasteiger partial charge in [-0.1, -0.05) is 0 Å². The molecule has 2 bridgehead atoms. The smallest absolute Gasteiger partial charge is 0.245 e. The highest BCUT2D eigenvalue weighted by atomic mass is 79.9. The second-order valence-corrected chi connectivity index (χ2v) is 10.7. The first-order valence-electron chi connectivity index (χ1n) is 7.57.